The van der Waals surface area contributed by atoms with Crippen molar-refractivity contribution in [1.29, 1.82) is 0 Å². The molecule has 0 saturated carbocycles. The second kappa shape index (κ2) is 10.7. The van der Waals surface area contributed by atoms with Crippen molar-refractivity contribution in [1.82, 2.24) is 19.8 Å². The summed E-state index contributed by atoms with van der Waals surface area (Å²) in [7, 11) is 1.88. The molecule has 1 N–H and O–H groups in total. The lowest BCUT2D eigenvalue weighted by molar-refractivity contribution is -0.123. The van der Waals surface area contributed by atoms with Gasteiger partial charge >= 0.3 is 0 Å². The van der Waals surface area contributed by atoms with Crippen LogP contribution in [0, 0.1) is 5.82 Å². The number of nitrogens with zero attached hydrogens (tertiary/aromatic N) is 3. The van der Waals surface area contributed by atoms with Crippen molar-refractivity contribution < 1.29 is 9.18 Å². The maximum atomic E-state index is 13.5. The van der Waals surface area contributed by atoms with Gasteiger partial charge in [-0.05, 0) is 28.8 Å². The number of rotatable bonds is 9. The summed E-state index contributed by atoms with van der Waals surface area (Å²) < 4.78 is 15.4. The Morgan fingerprint density at radius 1 is 0.939 bits per heavy atom. The van der Waals surface area contributed by atoms with Crippen molar-refractivity contribution >= 4 is 5.91 Å². The lowest BCUT2D eigenvalue weighted by Crippen LogP contribution is -2.39. The van der Waals surface area contributed by atoms with Gasteiger partial charge in [-0.3, -0.25) is 9.69 Å². The van der Waals surface area contributed by atoms with Crippen LogP contribution in [0.1, 0.15) is 28.6 Å². The third kappa shape index (κ3) is 6.14. The molecule has 1 atom stereocenters. The number of nitrogens with one attached hydrogen (secondary N) is 1. The van der Waals surface area contributed by atoms with E-state index in [-0.39, 0.29) is 18.3 Å². The fourth-order valence-electron chi connectivity index (χ4n) is 3.87. The minimum Gasteiger partial charge on any atom is -0.341 e. The minimum absolute atomic E-state index is 0.126. The molecule has 5 nitrogen and oxygen atoms in total. The molecule has 1 unspecified atom stereocenters. The van der Waals surface area contributed by atoms with Crippen LogP contribution < -0.4 is 5.32 Å². The molecule has 4 aromatic rings. The van der Waals surface area contributed by atoms with E-state index in [2.05, 4.69) is 39.5 Å². The molecule has 0 aliphatic carbocycles. The highest BCUT2D eigenvalue weighted by molar-refractivity contribution is 5.79. The van der Waals surface area contributed by atoms with E-state index >= 15 is 0 Å². The number of amides is 1. The number of hydrogen-bond donors (Lipinski definition) is 1. The Kier molecular flexibility index (Phi) is 7.27. The van der Waals surface area contributed by atoms with Gasteiger partial charge in [-0.15, -0.1) is 0 Å². The highest BCUT2D eigenvalue weighted by Gasteiger charge is 2.22. The van der Waals surface area contributed by atoms with Gasteiger partial charge < -0.3 is 9.88 Å². The zero-order valence-corrected chi connectivity index (χ0v) is 18.6. The molecule has 1 amide bonds. The summed E-state index contributed by atoms with van der Waals surface area (Å²) in [6, 6.07) is 25.9. The van der Waals surface area contributed by atoms with Crippen molar-refractivity contribution in [2.75, 3.05) is 6.54 Å². The first-order chi connectivity index (χ1) is 16.1. The van der Waals surface area contributed by atoms with Crippen LogP contribution in [0.25, 0.3) is 0 Å². The molecule has 168 valence electrons. The second-order valence-corrected chi connectivity index (χ2v) is 8.06. The van der Waals surface area contributed by atoms with Crippen molar-refractivity contribution in [3.05, 3.63) is 126 Å². The van der Waals surface area contributed by atoms with Crippen molar-refractivity contribution in [2.24, 2.45) is 7.05 Å². The van der Waals surface area contributed by atoms with E-state index in [4.69, 9.17) is 0 Å². The smallest absolute Gasteiger partial charge is 0.235 e. The molecule has 3 aromatic carbocycles. The second-order valence-electron chi connectivity index (χ2n) is 8.06. The zero-order chi connectivity index (χ0) is 23.0. The quantitative estimate of drug-likeness (QED) is 0.416. The first kappa shape index (κ1) is 22.4. The molecule has 0 aliphatic heterocycles. The molecular formula is C27H27FN4O. The zero-order valence-electron chi connectivity index (χ0n) is 18.6. The van der Waals surface area contributed by atoms with Crippen LogP contribution in [0.5, 0.6) is 0 Å². The molecular weight excluding hydrogens is 415 g/mol. The number of benzene rings is 3. The summed E-state index contributed by atoms with van der Waals surface area (Å²) in [6.07, 6.45) is 3.52. The van der Waals surface area contributed by atoms with Crippen LogP contribution in [0.15, 0.2) is 97.3 Å². The number of carbonyl (C=O) groups excluding carboxylic acids is 1. The first-order valence-electron chi connectivity index (χ1n) is 10.9. The third-order valence-electron chi connectivity index (χ3n) is 5.49. The van der Waals surface area contributed by atoms with Crippen molar-refractivity contribution in [2.45, 2.75) is 19.1 Å². The number of carbonyl (C=O) groups is 1. The Hall–Kier alpha value is -3.77. The number of halogens is 1. The van der Waals surface area contributed by atoms with Gasteiger partial charge in [0.15, 0.2) is 0 Å². The van der Waals surface area contributed by atoms with Gasteiger partial charge in [0.25, 0.3) is 0 Å². The predicted molar refractivity (Wildman–Crippen MR) is 127 cm³/mol. The third-order valence-corrected chi connectivity index (χ3v) is 5.49. The summed E-state index contributed by atoms with van der Waals surface area (Å²) in [5.41, 5.74) is 3.05. The molecule has 0 spiro atoms. The van der Waals surface area contributed by atoms with E-state index in [0.29, 0.717) is 18.9 Å². The van der Waals surface area contributed by atoms with E-state index in [1.54, 1.807) is 18.3 Å². The van der Waals surface area contributed by atoms with Crippen LogP contribution in [-0.2, 0) is 24.9 Å². The topological polar surface area (TPSA) is 50.2 Å². The van der Waals surface area contributed by atoms with Crippen molar-refractivity contribution in [3.8, 4) is 0 Å². The average Bonchev–Trinajstić information content (AvgIpc) is 3.25. The fraction of sp³-hybridized carbons (Fsp3) is 0.185. The van der Waals surface area contributed by atoms with E-state index < -0.39 is 6.04 Å². The summed E-state index contributed by atoms with van der Waals surface area (Å²) in [4.78, 5) is 19.8. The lowest BCUT2D eigenvalue weighted by Gasteiger charge is -2.25. The van der Waals surface area contributed by atoms with Crippen LogP contribution in [0.3, 0.4) is 0 Å². The summed E-state index contributed by atoms with van der Waals surface area (Å²) in [5.74, 6) is 0.243. The van der Waals surface area contributed by atoms with Crippen LogP contribution in [0.4, 0.5) is 4.39 Å². The Labute approximate surface area is 193 Å². The predicted octanol–water partition coefficient (Wildman–Crippen LogP) is 4.47. The molecule has 6 heteroatoms. The van der Waals surface area contributed by atoms with Gasteiger partial charge in [-0.1, -0.05) is 72.8 Å². The lowest BCUT2D eigenvalue weighted by atomic mass is 10.1. The molecule has 0 fully saturated rings. The number of aromatic nitrogens is 2. The van der Waals surface area contributed by atoms with Crippen molar-refractivity contribution in [3.63, 3.8) is 0 Å². The maximum Gasteiger partial charge on any atom is 0.235 e. The molecule has 1 aromatic heterocycles. The van der Waals surface area contributed by atoms with Gasteiger partial charge in [0.1, 0.15) is 17.7 Å². The van der Waals surface area contributed by atoms with Gasteiger partial charge in [-0.25, -0.2) is 9.37 Å². The highest BCUT2D eigenvalue weighted by atomic mass is 19.1. The number of imidazole rings is 1. The summed E-state index contributed by atoms with van der Waals surface area (Å²) in [6.45, 7) is 1.51. The Balaban J connectivity index is 1.53. The van der Waals surface area contributed by atoms with Gasteiger partial charge in [0.2, 0.25) is 5.91 Å². The first-order valence-corrected chi connectivity index (χ1v) is 10.9. The number of aryl methyl sites for hydroxylation is 1. The van der Waals surface area contributed by atoms with E-state index in [1.807, 2.05) is 54.2 Å². The van der Waals surface area contributed by atoms with Crippen LogP contribution in [-0.4, -0.2) is 26.9 Å². The van der Waals surface area contributed by atoms with E-state index in [1.165, 1.54) is 12.1 Å². The molecule has 0 saturated heterocycles. The van der Waals surface area contributed by atoms with Crippen LogP contribution >= 0.6 is 0 Å². The highest BCUT2D eigenvalue weighted by Crippen LogP contribution is 2.21. The van der Waals surface area contributed by atoms with Gasteiger partial charge in [0.05, 0.1) is 6.54 Å². The molecule has 4 rings (SSSR count). The number of hydrogen-bond acceptors (Lipinski definition) is 3. The SMILES string of the molecule is Cn1ccnc1C(NC(=O)CN(Cc1ccccc1)Cc1ccccc1)c1ccc(F)cc1. The van der Waals surface area contributed by atoms with Gasteiger partial charge in [0, 0.05) is 32.5 Å². The largest absolute Gasteiger partial charge is 0.341 e. The molecule has 0 radical (unpaired) electrons. The van der Waals surface area contributed by atoms with E-state index in [9.17, 15) is 9.18 Å². The van der Waals surface area contributed by atoms with E-state index in [0.717, 1.165) is 16.7 Å². The summed E-state index contributed by atoms with van der Waals surface area (Å²) >= 11 is 0. The monoisotopic (exact) mass is 442 g/mol. The standard InChI is InChI=1S/C27H27FN4O/c1-31-17-16-29-27(31)26(23-12-14-24(28)15-13-23)30-25(33)20-32(18-21-8-4-2-5-9-21)19-22-10-6-3-7-11-22/h2-17,26H,18-20H2,1H3,(H,30,33). The average molecular weight is 443 g/mol. The Morgan fingerprint density at radius 3 is 2.03 bits per heavy atom. The minimum atomic E-state index is -0.478. The normalized spacial score (nSPS) is 12.0. The molecule has 1 heterocycles. The molecule has 0 aliphatic rings. The fourth-order valence-corrected chi connectivity index (χ4v) is 3.87. The van der Waals surface area contributed by atoms with Crippen LogP contribution in [0.2, 0.25) is 0 Å². The molecule has 0 bridgehead atoms. The summed E-state index contributed by atoms with van der Waals surface area (Å²) in [5, 5.41) is 3.11. The van der Waals surface area contributed by atoms with Gasteiger partial charge in [-0.2, -0.15) is 0 Å². The Bertz CT molecular complexity index is 1120. The maximum absolute atomic E-state index is 13.5. The molecule has 33 heavy (non-hydrogen) atoms. The Morgan fingerprint density at radius 2 is 1.52 bits per heavy atom.